The van der Waals surface area contributed by atoms with Crippen molar-refractivity contribution >= 4 is 34.8 Å². The Balaban J connectivity index is 1.34. The third-order valence-corrected chi connectivity index (χ3v) is 5.23. The number of amides is 2. The standard InChI is InChI=1S/C22H19ClF2N4O3/c23-16-10-14(2-4-18(16)29-8-7-26-21(31)12-29)28-20(30)5-6-22-27-11-19(32-22)15-3-1-13(24)9-17(15)25/h1-4,9-11H,5-8,12H2,(H,26,31)(H,28,30). The van der Waals surface area contributed by atoms with Gasteiger partial charge in [0.05, 0.1) is 29.0 Å². The molecule has 2 heterocycles. The molecule has 0 saturated carbocycles. The predicted molar refractivity (Wildman–Crippen MR) is 115 cm³/mol. The van der Waals surface area contributed by atoms with E-state index in [-0.39, 0.29) is 48.4 Å². The Hall–Kier alpha value is -3.46. The Morgan fingerprint density at radius 2 is 2.09 bits per heavy atom. The lowest BCUT2D eigenvalue weighted by molar-refractivity contribution is -0.120. The number of aromatic nitrogens is 1. The minimum absolute atomic E-state index is 0.0680. The van der Waals surface area contributed by atoms with Crippen LogP contribution in [0.2, 0.25) is 5.02 Å². The maximum absolute atomic E-state index is 13.9. The average Bonchev–Trinajstić information content (AvgIpc) is 3.21. The first-order valence-corrected chi connectivity index (χ1v) is 10.3. The van der Waals surface area contributed by atoms with Gasteiger partial charge in [-0.15, -0.1) is 0 Å². The summed E-state index contributed by atoms with van der Waals surface area (Å²) < 4.78 is 32.4. The van der Waals surface area contributed by atoms with Crippen LogP contribution in [-0.2, 0) is 16.0 Å². The SMILES string of the molecule is O=C1CN(c2ccc(NC(=O)CCc3ncc(-c4ccc(F)cc4F)o3)cc2Cl)CCN1. The average molecular weight is 461 g/mol. The van der Waals surface area contributed by atoms with Crippen molar-refractivity contribution in [3.63, 3.8) is 0 Å². The van der Waals surface area contributed by atoms with Crippen molar-refractivity contribution in [3.8, 4) is 11.3 Å². The largest absolute Gasteiger partial charge is 0.441 e. The van der Waals surface area contributed by atoms with E-state index in [9.17, 15) is 18.4 Å². The maximum Gasteiger partial charge on any atom is 0.239 e. The Bertz CT molecular complexity index is 1170. The Kier molecular flexibility index (Phi) is 6.36. The number of aryl methyl sites for hydroxylation is 1. The number of oxazole rings is 1. The second-order valence-corrected chi connectivity index (χ2v) is 7.64. The van der Waals surface area contributed by atoms with Gasteiger partial charge in [-0.05, 0) is 30.3 Å². The van der Waals surface area contributed by atoms with E-state index >= 15 is 0 Å². The van der Waals surface area contributed by atoms with Crippen LogP contribution in [0.1, 0.15) is 12.3 Å². The summed E-state index contributed by atoms with van der Waals surface area (Å²) in [7, 11) is 0. The van der Waals surface area contributed by atoms with Gasteiger partial charge < -0.3 is 20.0 Å². The fraction of sp³-hybridized carbons (Fsp3) is 0.227. The topological polar surface area (TPSA) is 87.5 Å². The van der Waals surface area contributed by atoms with Gasteiger partial charge >= 0.3 is 0 Å². The predicted octanol–water partition coefficient (Wildman–Crippen LogP) is 3.78. The van der Waals surface area contributed by atoms with Gasteiger partial charge in [0.15, 0.2) is 11.7 Å². The number of anilines is 2. The van der Waals surface area contributed by atoms with E-state index in [4.69, 9.17) is 16.0 Å². The quantitative estimate of drug-likeness (QED) is 0.584. The fourth-order valence-corrected chi connectivity index (χ4v) is 3.67. The van der Waals surface area contributed by atoms with Gasteiger partial charge in [0, 0.05) is 37.7 Å². The van der Waals surface area contributed by atoms with Crippen LogP contribution < -0.4 is 15.5 Å². The number of benzene rings is 2. The monoisotopic (exact) mass is 460 g/mol. The Morgan fingerprint density at radius 1 is 1.25 bits per heavy atom. The zero-order chi connectivity index (χ0) is 22.7. The molecule has 10 heteroatoms. The van der Waals surface area contributed by atoms with E-state index in [2.05, 4.69) is 15.6 Å². The van der Waals surface area contributed by atoms with Crippen LogP contribution in [0.25, 0.3) is 11.3 Å². The Morgan fingerprint density at radius 3 is 2.84 bits per heavy atom. The molecule has 0 bridgehead atoms. The minimum Gasteiger partial charge on any atom is -0.441 e. The molecular formula is C22H19ClF2N4O3. The molecule has 7 nitrogen and oxygen atoms in total. The summed E-state index contributed by atoms with van der Waals surface area (Å²) in [5.41, 5.74) is 1.34. The summed E-state index contributed by atoms with van der Waals surface area (Å²) in [4.78, 5) is 29.8. The van der Waals surface area contributed by atoms with E-state index in [0.29, 0.717) is 23.8 Å². The Labute approximate surface area is 187 Å². The highest BCUT2D eigenvalue weighted by atomic mass is 35.5. The molecule has 0 atom stereocenters. The summed E-state index contributed by atoms with van der Waals surface area (Å²) in [6.07, 6.45) is 1.61. The van der Waals surface area contributed by atoms with Gasteiger partial charge in [-0.2, -0.15) is 0 Å². The van der Waals surface area contributed by atoms with E-state index < -0.39 is 11.6 Å². The van der Waals surface area contributed by atoms with E-state index in [1.807, 2.05) is 4.90 Å². The smallest absolute Gasteiger partial charge is 0.239 e. The number of carbonyl (C=O) groups is 2. The summed E-state index contributed by atoms with van der Waals surface area (Å²) in [5, 5.41) is 5.94. The zero-order valence-corrected chi connectivity index (χ0v) is 17.6. The molecule has 3 aromatic rings. The lowest BCUT2D eigenvalue weighted by atomic mass is 10.2. The zero-order valence-electron chi connectivity index (χ0n) is 16.8. The molecule has 2 amide bonds. The molecule has 1 saturated heterocycles. The van der Waals surface area contributed by atoms with Crippen LogP contribution in [0.5, 0.6) is 0 Å². The molecule has 1 fully saturated rings. The van der Waals surface area contributed by atoms with Gasteiger partial charge in [0.25, 0.3) is 0 Å². The van der Waals surface area contributed by atoms with Crippen molar-refractivity contribution in [2.75, 3.05) is 29.9 Å². The second-order valence-electron chi connectivity index (χ2n) is 7.23. The summed E-state index contributed by atoms with van der Waals surface area (Å²) >= 11 is 6.35. The van der Waals surface area contributed by atoms with Crippen molar-refractivity contribution < 1.29 is 22.8 Å². The van der Waals surface area contributed by atoms with Gasteiger partial charge in [-0.25, -0.2) is 13.8 Å². The van der Waals surface area contributed by atoms with Crippen molar-refractivity contribution in [3.05, 3.63) is 65.1 Å². The maximum atomic E-state index is 13.9. The normalized spacial score (nSPS) is 13.7. The lowest BCUT2D eigenvalue weighted by Gasteiger charge is -2.29. The van der Waals surface area contributed by atoms with Crippen LogP contribution in [0.4, 0.5) is 20.2 Å². The highest BCUT2D eigenvalue weighted by Gasteiger charge is 2.19. The van der Waals surface area contributed by atoms with E-state index in [1.165, 1.54) is 12.3 Å². The number of hydrogen-bond donors (Lipinski definition) is 2. The van der Waals surface area contributed by atoms with Crippen molar-refractivity contribution in [1.29, 1.82) is 0 Å². The lowest BCUT2D eigenvalue weighted by Crippen LogP contribution is -2.47. The molecule has 1 aromatic heterocycles. The van der Waals surface area contributed by atoms with Crippen LogP contribution in [-0.4, -0.2) is 36.4 Å². The van der Waals surface area contributed by atoms with E-state index in [0.717, 1.165) is 17.8 Å². The third kappa shape index (κ3) is 5.05. The molecule has 2 aromatic carbocycles. The van der Waals surface area contributed by atoms with Crippen LogP contribution in [0, 0.1) is 11.6 Å². The molecule has 4 rings (SSSR count). The van der Waals surface area contributed by atoms with Gasteiger partial charge in [0.2, 0.25) is 11.8 Å². The van der Waals surface area contributed by atoms with Crippen molar-refractivity contribution in [1.82, 2.24) is 10.3 Å². The van der Waals surface area contributed by atoms with E-state index in [1.54, 1.807) is 18.2 Å². The highest BCUT2D eigenvalue weighted by Crippen LogP contribution is 2.29. The number of nitrogens with zero attached hydrogens (tertiary/aromatic N) is 2. The van der Waals surface area contributed by atoms with Crippen LogP contribution in [0.15, 0.2) is 47.0 Å². The summed E-state index contributed by atoms with van der Waals surface area (Å²) in [6.45, 7) is 1.42. The van der Waals surface area contributed by atoms with Crippen LogP contribution in [0.3, 0.4) is 0 Å². The number of nitrogens with one attached hydrogen (secondary N) is 2. The summed E-state index contributed by atoms with van der Waals surface area (Å²) in [5.74, 6) is -1.36. The van der Waals surface area contributed by atoms with Crippen molar-refractivity contribution in [2.45, 2.75) is 12.8 Å². The van der Waals surface area contributed by atoms with Gasteiger partial charge in [-0.1, -0.05) is 11.6 Å². The molecule has 1 aliphatic heterocycles. The molecule has 0 radical (unpaired) electrons. The number of rotatable bonds is 6. The van der Waals surface area contributed by atoms with Crippen LogP contribution >= 0.6 is 11.6 Å². The molecule has 32 heavy (non-hydrogen) atoms. The first kappa shape index (κ1) is 21.8. The number of hydrogen-bond acceptors (Lipinski definition) is 5. The van der Waals surface area contributed by atoms with Gasteiger partial charge in [-0.3, -0.25) is 9.59 Å². The van der Waals surface area contributed by atoms with Gasteiger partial charge in [0.1, 0.15) is 11.6 Å². The molecular weight excluding hydrogens is 442 g/mol. The van der Waals surface area contributed by atoms with Crippen molar-refractivity contribution in [2.24, 2.45) is 0 Å². The highest BCUT2D eigenvalue weighted by molar-refractivity contribution is 6.33. The molecule has 0 aliphatic carbocycles. The molecule has 166 valence electrons. The fourth-order valence-electron chi connectivity index (χ4n) is 3.37. The minimum atomic E-state index is -0.754. The first-order valence-electron chi connectivity index (χ1n) is 9.90. The molecule has 2 N–H and O–H groups in total. The molecule has 0 unspecified atom stereocenters. The molecule has 0 spiro atoms. The number of halogens is 3. The second kappa shape index (κ2) is 9.35. The first-order chi connectivity index (χ1) is 15.4. The third-order valence-electron chi connectivity index (χ3n) is 4.93. The molecule has 1 aliphatic rings. The number of piperazine rings is 1. The summed E-state index contributed by atoms with van der Waals surface area (Å²) in [6, 6.07) is 8.26. The number of carbonyl (C=O) groups excluding carboxylic acids is 2.